The molecule has 0 spiro atoms. The maximum Gasteiger partial charge on any atom is 0.271 e. The lowest BCUT2D eigenvalue weighted by molar-refractivity contribution is -0.113. The predicted molar refractivity (Wildman–Crippen MR) is 169 cm³/mol. The van der Waals surface area contributed by atoms with Gasteiger partial charge in [0.2, 0.25) is 0 Å². The highest BCUT2D eigenvalue weighted by atomic mass is 32.1. The Morgan fingerprint density at radius 1 is 0.860 bits per heavy atom. The predicted octanol–water partition coefficient (Wildman–Crippen LogP) is 5.33. The largest absolute Gasteiger partial charge is 0.490 e. The normalized spacial score (nSPS) is 14.5. The second-order valence-electron chi connectivity index (χ2n) is 9.86. The molecule has 1 amide bonds. The lowest BCUT2D eigenvalue weighted by Gasteiger charge is -2.25. The fourth-order valence-corrected chi connectivity index (χ4v) is 6.02. The van der Waals surface area contributed by atoms with Crippen molar-refractivity contribution >= 4 is 29.0 Å². The molecule has 0 fully saturated rings. The molecule has 4 aromatic carbocycles. The number of aromatic nitrogens is 1. The Balaban J connectivity index is 1.34. The Bertz CT molecular complexity index is 1950. The van der Waals surface area contributed by atoms with E-state index in [0.29, 0.717) is 45.3 Å². The number of benzene rings is 4. The van der Waals surface area contributed by atoms with Gasteiger partial charge in [0.1, 0.15) is 24.7 Å². The quantitative estimate of drug-likeness (QED) is 0.236. The molecule has 0 saturated carbocycles. The number of nitrogens with one attached hydrogen (secondary N) is 1. The first kappa shape index (κ1) is 27.9. The smallest absolute Gasteiger partial charge is 0.271 e. The van der Waals surface area contributed by atoms with Crippen LogP contribution in [0.3, 0.4) is 0 Å². The van der Waals surface area contributed by atoms with Gasteiger partial charge in [0.25, 0.3) is 11.5 Å². The molecule has 1 aromatic heterocycles. The molecule has 214 valence electrons. The van der Waals surface area contributed by atoms with Crippen LogP contribution in [-0.2, 0) is 4.79 Å². The van der Waals surface area contributed by atoms with Crippen LogP contribution < -0.4 is 29.7 Å². The van der Waals surface area contributed by atoms with Crippen molar-refractivity contribution in [1.82, 2.24) is 4.57 Å². The number of rotatable bonds is 9. The van der Waals surface area contributed by atoms with E-state index in [1.165, 1.54) is 11.3 Å². The van der Waals surface area contributed by atoms with Gasteiger partial charge in [-0.3, -0.25) is 14.2 Å². The van der Waals surface area contributed by atoms with Gasteiger partial charge in [-0.2, -0.15) is 0 Å². The highest BCUT2D eigenvalue weighted by Gasteiger charge is 2.32. The van der Waals surface area contributed by atoms with E-state index in [1.807, 2.05) is 128 Å². The summed E-state index contributed by atoms with van der Waals surface area (Å²) in [5.41, 5.74) is 3.03. The summed E-state index contributed by atoms with van der Waals surface area (Å²) in [5, 5.41) is 2.98. The number of nitrogens with zero attached hydrogens (tertiary/aromatic N) is 2. The van der Waals surface area contributed by atoms with Crippen molar-refractivity contribution in [3.63, 3.8) is 0 Å². The van der Waals surface area contributed by atoms with Crippen LogP contribution >= 0.6 is 11.3 Å². The fourth-order valence-electron chi connectivity index (χ4n) is 4.98. The molecule has 2 heterocycles. The van der Waals surface area contributed by atoms with Gasteiger partial charge in [-0.05, 0) is 48.9 Å². The van der Waals surface area contributed by atoms with Gasteiger partial charge in [-0.25, -0.2) is 4.99 Å². The molecule has 1 aliphatic heterocycles. The van der Waals surface area contributed by atoms with Crippen molar-refractivity contribution in [2.45, 2.75) is 13.0 Å². The van der Waals surface area contributed by atoms with Crippen molar-refractivity contribution in [2.24, 2.45) is 4.99 Å². The summed E-state index contributed by atoms with van der Waals surface area (Å²) in [7, 11) is 0. The van der Waals surface area contributed by atoms with Gasteiger partial charge in [0, 0.05) is 11.3 Å². The van der Waals surface area contributed by atoms with Crippen molar-refractivity contribution < 1.29 is 14.3 Å². The maximum absolute atomic E-state index is 14.0. The van der Waals surface area contributed by atoms with E-state index in [4.69, 9.17) is 14.5 Å². The second kappa shape index (κ2) is 12.8. The number of carbonyl (C=O) groups excluding carboxylic acids is 1. The number of hydrogen-bond acceptors (Lipinski definition) is 6. The first-order valence-electron chi connectivity index (χ1n) is 13.9. The number of anilines is 1. The molecule has 43 heavy (non-hydrogen) atoms. The zero-order valence-electron chi connectivity index (χ0n) is 23.5. The van der Waals surface area contributed by atoms with Crippen LogP contribution in [0.15, 0.2) is 136 Å². The number of para-hydroxylation sites is 3. The first-order valence-corrected chi connectivity index (χ1v) is 14.7. The van der Waals surface area contributed by atoms with Gasteiger partial charge in [0.05, 0.1) is 21.8 Å². The number of hydrogen-bond donors (Lipinski definition) is 1. The topological polar surface area (TPSA) is 81.9 Å². The van der Waals surface area contributed by atoms with E-state index < -0.39 is 6.04 Å². The molecule has 0 radical (unpaired) electrons. The molecule has 8 heteroatoms. The minimum Gasteiger partial charge on any atom is -0.490 e. The van der Waals surface area contributed by atoms with Crippen LogP contribution in [0.5, 0.6) is 11.5 Å². The number of carbonyl (C=O) groups is 1. The maximum atomic E-state index is 14.0. The Labute approximate surface area is 252 Å². The van der Waals surface area contributed by atoms with Crippen molar-refractivity contribution in [3.8, 4) is 11.5 Å². The van der Waals surface area contributed by atoms with E-state index >= 15 is 0 Å². The summed E-state index contributed by atoms with van der Waals surface area (Å²) in [6.45, 7) is 2.53. The minimum atomic E-state index is -0.634. The van der Waals surface area contributed by atoms with Crippen molar-refractivity contribution in [1.29, 1.82) is 0 Å². The number of ether oxygens (including phenoxy) is 2. The third kappa shape index (κ3) is 6.19. The third-order valence-corrected chi connectivity index (χ3v) is 7.95. The van der Waals surface area contributed by atoms with Gasteiger partial charge in [-0.1, -0.05) is 96.3 Å². The van der Waals surface area contributed by atoms with Gasteiger partial charge in [-0.15, -0.1) is 0 Å². The Morgan fingerprint density at radius 3 is 2.23 bits per heavy atom. The molecule has 5 aromatic rings. The summed E-state index contributed by atoms with van der Waals surface area (Å²) in [6, 6.07) is 35.3. The third-order valence-electron chi connectivity index (χ3n) is 6.97. The zero-order valence-corrected chi connectivity index (χ0v) is 24.3. The molecule has 1 aliphatic rings. The standard InChI is InChI=1S/C35H29N3O4S/c1-24-31(33(39)37-27-16-7-3-8-17-27)32(25-13-5-2-6-14-25)38-34(40)30(43-35(38)36-24)23-26-15-11-12-20-29(26)42-22-21-41-28-18-9-4-10-19-28/h2-20,23,32H,21-22H2,1H3,(H,37,39)/b30-23-/t32-/m1/s1. The molecule has 6 rings (SSSR count). The molecular weight excluding hydrogens is 558 g/mol. The monoisotopic (exact) mass is 587 g/mol. The summed E-state index contributed by atoms with van der Waals surface area (Å²) >= 11 is 1.29. The van der Waals surface area contributed by atoms with E-state index in [-0.39, 0.29) is 11.5 Å². The first-order chi connectivity index (χ1) is 21.1. The molecule has 0 bridgehead atoms. The summed E-state index contributed by atoms with van der Waals surface area (Å²) < 4.78 is 13.9. The van der Waals surface area contributed by atoms with Crippen LogP contribution in [0.1, 0.15) is 24.1 Å². The van der Waals surface area contributed by atoms with Crippen LogP contribution in [0.2, 0.25) is 0 Å². The number of allylic oxidation sites excluding steroid dienone is 1. The highest BCUT2D eigenvalue weighted by molar-refractivity contribution is 7.07. The molecule has 1 atom stereocenters. The van der Waals surface area contributed by atoms with Crippen LogP contribution in [0, 0.1) is 0 Å². The number of thiazole rings is 1. The van der Waals surface area contributed by atoms with Crippen molar-refractivity contribution in [3.05, 3.63) is 157 Å². The Hall–Kier alpha value is -5.21. The van der Waals surface area contributed by atoms with Gasteiger partial charge in [0.15, 0.2) is 4.80 Å². The molecular formula is C35H29N3O4S. The summed E-state index contributed by atoms with van der Waals surface area (Å²) in [5.74, 6) is 1.12. The zero-order chi connectivity index (χ0) is 29.6. The average Bonchev–Trinajstić information content (AvgIpc) is 3.34. The summed E-state index contributed by atoms with van der Waals surface area (Å²) in [6.07, 6.45) is 1.82. The molecule has 7 nitrogen and oxygen atoms in total. The molecule has 1 N–H and O–H groups in total. The Kier molecular flexibility index (Phi) is 8.28. The lowest BCUT2D eigenvalue weighted by Crippen LogP contribution is -2.40. The van der Waals surface area contributed by atoms with Gasteiger partial charge >= 0.3 is 0 Å². The van der Waals surface area contributed by atoms with Crippen LogP contribution in [0.25, 0.3) is 6.08 Å². The fraction of sp³-hybridized carbons (Fsp3) is 0.114. The average molecular weight is 588 g/mol. The van der Waals surface area contributed by atoms with Gasteiger partial charge < -0.3 is 14.8 Å². The van der Waals surface area contributed by atoms with Crippen LogP contribution in [-0.4, -0.2) is 23.7 Å². The lowest BCUT2D eigenvalue weighted by atomic mass is 9.95. The van der Waals surface area contributed by atoms with Crippen molar-refractivity contribution in [2.75, 3.05) is 18.5 Å². The Morgan fingerprint density at radius 2 is 1.49 bits per heavy atom. The second-order valence-corrected chi connectivity index (χ2v) is 10.9. The molecule has 0 saturated heterocycles. The van der Waals surface area contributed by atoms with E-state index in [2.05, 4.69) is 5.32 Å². The van der Waals surface area contributed by atoms with Crippen LogP contribution in [0.4, 0.5) is 5.69 Å². The van der Waals surface area contributed by atoms with E-state index in [0.717, 1.165) is 16.9 Å². The molecule has 0 aliphatic carbocycles. The summed E-state index contributed by atoms with van der Waals surface area (Å²) in [4.78, 5) is 33.0. The minimum absolute atomic E-state index is 0.225. The van der Waals surface area contributed by atoms with E-state index in [9.17, 15) is 9.59 Å². The van der Waals surface area contributed by atoms with E-state index in [1.54, 1.807) is 4.57 Å². The number of fused-ring (bicyclic) bond motifs is 1. The molecule has 0 unspecified atom stereocenters. The number of amides is 1. The SMILES string of the molecule is CC1=C(C(=O)Nc2ccccc2)[C@@H](c2ccccc2)n2c(s/c(=C\c3ccccc3OCCOc3ccccc3)c2=O)=N1. The highest BCUT2D eigenvalue weighted by Crippen LogP contribution is 2.30.